The molecule has 0 amide bonds. The van der Waals surface area contributed by atoms with Crippen LogP contribution in [0.1, 0.15) is 10.4 Å². The van der Waals surface area contributed by atoms with Gasteiger partial charge in [-0.1, -0.05) is 15.9 Å². The molecule has 2 aromatic rings. The van der Waals surface area contributed by atoms with Crippen LogP contribution in [0.2, 0.25) is 0 Å². The number of aldehydes is 1. The molecule has 0 saturated heterocycles. The molecule has 1 N–H and O–H groups in total. The van der Waals surface area contributed by atoms with Gasteiger partial charge in [-0.3, -0.25) is 4.79 Å². The van der Waals surface area contributed by atoms with Gasteiger partial charge in [0.15, 0.2) is 6.29 Å². The number of carbonyl (C=O) groups excluding carboxylic acids is 1. The lowest BCUT2D eigenvalue weighted by Crippen LogP contribution is -1.74. The highest BCUT2D eigenvalue weighted by molar-refractivity contribution is 9.10. The minimum Gasteiger partial charge on any atom is -0.353 e. The van der Waals surface area contributed by atoms with E-state index in [4.69, 9.17) is 0 Å². The predicted octanol–water partition coefficient (Wildman–Crippen LogP) is 2.54. The first-order valence-electron chi connectivity index (χ1n) is 3.45. The van der Waals surface area contributed by atoms with E-state index in [1.807, 2.05) is 18.2 Å². The van der Waals surface area contributed by atoms with Crippen molar-refractivity contribution in [1.82, 2.24) is 4.98 Å². The maximum atomic E-state index is 10.5. The molecule has 0 fully saturated rings. The van der Waals surface area contributed by atoms with E-state index in [9.17, 15) is 4.79 Å². The number of H-pyrrole nitrogens is 1. The van der Waals surface area contributed by atoms with Crippen LogP contribution in [-0.2, 0) is 0 Å². The maximum absolute atomic E-state index is 10.5. The topological polar surface area (TPSA) is 32.9 Å². The van der Waals surface area contributed by atoms with E-state index < -0.39 is 0 Å². The summed E-state index contributed by atoms with van der Waals surface area (Å²) in [5.74, 6) is 0. The summed E-state index contributed by atoms with van der Waals surface area (Å²) in [5, 5.41) is 0.902. The largest absolute Gasteiger partial charge is 0.353 e. The van der Waals surface area contributed by atoms with E-state index in [2.05, 4.69) is 27.1 Å². The molecule has 1 aromatic carbocycles. The molecule has 1 radical (unpaired) electrons. The molecule has 0 aliphatic carbocycles. The molecule has 3 heteroatoms. The second kappa shape index (κ2) is 2.75. The lowest BCUT2D eigenvalue weighted by atomic mass is 10.2. The third kappa shape index (κ3) is 1.06. The molecule has 0 spiro atoms. The Labute approximate surface area is 77.7 Å². The Morgan fingerprint density at radius 2 is 2.33 bits per heavy atom. The van der Waals surface area contributed by atoms with Crippen molar-refractivity contribution in [3.63, 3.8) is 0 Å². The number of hydrogen-bond donors (Lipinski definition) is 1. The molecule has 2 rings (SSSR count). The molecule has 0 atom stereocenters. The molecular weight excluding hydrogens is 218 g/mol. The Morgan fingerprint density at radius 3 is 3.08 bits per heavy atom. The van der Waals surface area contributed by atoms with E-state index in [-0.39, 0.29) is 0 Å². The summed E-state index contributed by atoms with van der Waals surface area (Å²) in [6.07, 6.45) is 3.57. The van der Waals surface area contributed by atoms with Crippen molar-refractivity contribution in [1.29, 1.82) is 0 Å². The van der Waals surface area contributed by atoms with Crippen molar-refractivity contribution in [3.05, 3.63) is 34.4 Å². The number of aromatic amines is 1. The summed E-state index contributed by atoms with van der Waals surface area (Å²) in [6.45, 7) is 0. The molecule has 0 unspecified atom stereocenters. The minimum atomic E-state index is 0.575. The number of fused-ring (bicyclic) bond motifs is 1. The number of halogens is 1. The first kappa shape index (κ1) is 7.55. The highest BCUT2D eigenvalue weighted by Gasteiger charge is 2.02. The van der Waals surface area contributed by atoms with Gasteiger partial charge in [0.05, 0.1) is 6.20 Å². The summed E-state index contributed by atoms with van der Waals surface area (Å²) in [4.78, 5) is 13.4. The van der Waals surface area contributed by atoms with Crippen molar-refractivity contribution in [2.45, 2.75) is 0 Å². The van der Waals surface area contributed by atoms with Gasteiger partial charge in [0.1, 0.15) is 0 Å². The summed E-state index contributed by atoms with van der Waals surface area (Å²) in [5.41, 5.74) is 1.51. The van der Waals surface area contributed by atoms with Crippen molar-refractivity contribution in [3.8, 4) is 0 Å². The fourth-order valence-corrected chi connectivity index (χ4v) is 1.50. The Morgan fingerprint density at radius 1 is 1.50 bits per heavy atom. The molecule has 0 aliphatic heterocycles. The molecule has 1 heterocycles. The smallest absolute Gasteiger partial charge is 0.152 e. The first-order chi connectivity index (χ1) is 5.81. The maximum Gasteiger partial charge on any atom is 0.152 e. The fraction of sp³-hybridized carbons (Fsp3) is 0. The van der Waals surface area contributed by atoms with Gasteiger partial charge in [-0.2, -0.15) is 0 Å². The van der Waals surface area contributed by atoms with Crippen LogP contribution < -0.4 is 0 Å². The lowest BCUT2D eigenvalue weighted by molar-refractivity contribution is 0.112. The summed E-state index contributed by atoms with van der Waals surface area (Å²) >= 11 is 3.34. The van der Waals surface area contributed by atoms with Gasteiger partial charge in [0.25, 0.3) is 0 Å². The van der Waals surface area contributed by atoms with Crippen LogP contribution in [0.5, 0.6) is 0 Å². The fourth-order valence-electron chi connectivity index (χ4n) is 1.14. The minimum absolute atomic E-state index is 0.575. The third-order valence-corrected chi connectivity index (χ3v) is 2.21. The Bertz CT molecular complexity index is 433. The Hall–Kier alpha value is -1.09. The van der Waals surface area contributed by atoms with Crippen LogP contribution in [0.3, 0.4) is 0 Å². The van der Waals surface area contributed by atoms with Crippen molar-refractivity contribution in [2.75, 3.05) is 0 Å². The van der Waals surface area contributed by atoms with Crippen LogP contribution >= 0.6 is 15.9 Å². The number of nitrogens with one attached hydrogen (secondary N) is 1. The van der Waals surface area contributed by atoms with Crippen LogP contribution in [0.4, 0.5) is 0 Å². The van der Waals surface area contributed by atoms with Crippen molar-refractivity contribution in [2.24, 2.45) is 0 Å². The molecule has 12 heavy (non-hydrogen) atoms. The molecule has 0 aliphatic rings. The van der Waals surface area contributed by atoms with E-state index in [1.165, 1.54) is 0 Å². The van der Waals surface area contributed by atoms with Gasteiger partial charge >= 0.3 is 0 Å². The average Bonchev–Trinajstić information content (AvgIpc) is 2.46. The number of hydrogen-bond acceptors (Lipinski definition) is 1. The molecule has 0 bridgehead atoms. The summed E-state index contributed by atoms with van der Waals surface area (Å²) in [7, 11) is 0. The average molecular weight is 223 g/mol. The molecule has 59 valence electrons. The Kier molecular flexibility index (Phi) is 1.73. The standard InChI is InChI=1S/C9H5BrNO/c10-7-1-2-9-8(3-7)6(5-12)4-11-9/h1-3,5,11H. The molecule has 2 nitrogen and oxygen atoms in total. The van der Waals surface area contributed by atoms with E-state index in [1.54, 1.807) is 0 Å². The van der Waals surface area contributed by atoms with Gasteiger partial charge in [0, 0.05) is 20.9 Å². The van der Waals surface area contributed by atoms with Crippen LogP contribution in [0.25, 0.3) is 10.9 Å². The summed E-state index contributed by atoms with van der Waals surface area (Å²) in [6, 6.07) is 5.72. The normalized spacial score (nSPS) is 10.4. The third-order valence-electron chi connectivity index (χ3n) is 1.72. The van der Waals surface area contributed by atoms with Gasteiger partial charge in [0.2, 0.25) is 0 Å². The van der Waals surface area contributed by atoms with Gasteiger partial charge in [-0.15, -0.1) is 0 Å². The Balaban J connectivity index is 2.83. The van der Waals surface area contributed by atoms with Gasteiger partial charge in [-0.25, -0.2) is 0 Å². The van der Waals surface area contributed by atoms with E-state index in [0.29, 0.717) is 5.56 Å². The number of benzene rings is 1. The second-order valence-electron chi connectivity index (χ2n) is 2.47. The lowest BCUT2D eigenvalue weighted by Gasteiger charge is -1.91. The van der Waals surface area contributed by atoms with E-state index in [0.717, 1.165) is 21.7 Å². The van der Waals surface area contributed by atoms with Crippen molar-refractivity contribution < 1.29 is 4.79 Å². The quantitative estimate of drug-likeness (QED) is 0.740. The highest BCUT2D eigenvalue weighted by Crippen LogP contribution is 2.20. The SMILES string of the molecule is O=Cc1[c][nH]c2ccc(Br)cc12. The second-order valence-corrected chi connectivity index (χ2v) is 3.39. The zero-order valence-electron chi connectivity index (χ0n) is 6.10. The van der Waals surface area contributed by atoms with Gasteiger partial charge in [-0.05, 0) is 18.2 Å². The molecular formula is C9H5BrNO. The van der Waals surface area contributed by atoms with E-state index >= 15 is 0 Å². The zero-order chi connectivity index (χ0) is 8.55. The number of aromatic nitrogens is 1. The van der Waals surface area contributed by atoms with Crippen molar-refractivity contribution >= 4 is 33.1 Å². The van der Waals surface area contributed by atoms with Crippen LogP contribution in [0.15, 0.2) is 22.7 Å². The van der Waals surface area contributed by atoms with Crippen LogP contribution in [-0.4, -0.2) is 11.3 Å². The number of carbonyl (C=O) groups is 1. The van der Waals surface area contributed by atoms with Crippen LogP contribution in [0, 0.1) is 6.20 Å². The molecule has 1 aromatic heterocycles. The van der Waals surface area contributed by atoms with Gasteiger partial charge < -0.3 is 4.98 Å². The molecule has 0 saturated carbocycles. The first-order valence-corrected chi connectivity index (χ1v) is 4.24. The highest BCUT2D eigenvalue weighted by atomic mass is 79.9. The monoisotopic (exact) mass is 222 g/mol. The number of rotatable bonds is 1. The zero-order valence-corrected chi connectivity index (χ0v) is 7.68. The summed E-state index contributed by atoms with van der Waals surface area (Å²) < 4.78 is 0.964. The predicted molar refractivity (Wildman–Crippen MR) is 50.2 cm³/mol.